The summed E-state index contributed by atoms with van der Waals surface area (Å²) < 4.78 is 5.19. The Balaban J connectivity index is 1.13. The number of fused-ring (bicyclic) bond motifs is 1. The third-order valence-corrected chi connectivity index (χ3v) is 7.14. The lowest BCUT2D eigenvalue weighted by atomic mass is 9.90. The number of piperidine rings is 1. The highest BCUT2D eigenvalue weighted by Gasteiger charge is 2.26. The average Bonchev–Trinajstić information content (AvgIpc) is 3.35. The van der Waals surface area contributed by atoms with E-state index in [1.807, 2.05) is 30.0 Å². The Morgan fingerprint density at radius 2 is 1.97 bits per heavy atom. The van der Waals surface area contributed by atoms with Gasteiger partial charge in [0.2, 0.25) is 0 Å². The van der Waals surface area contributed by atoms with Crippen LogP contribution in [0.25, 0.3) is 11.1 Å². The summed E-state index contributed by atoms with van der Waals surface area (Å²) in [5.41, 5.74) is 3.83. The van der Waals surface area contributed by atoms with Gasteiger partial charge < -0.3 is 9.32 Å². The van der Waals surface area contributed by atoms with Gasteiger partial charge in [0.15, 0.2) is 5.58 Å². The molecule has 3 aromatic rings. The Labute approximate surface area is 174 Å². The van der Waals surface area contributed by atoms with Crippen LogP contribution in [-0.2, 0) is 6.42 Å². The minimum Gasteiger partial charge on any atom is -0.408 e. The minimum absolute atomic E-state index is 0.410. The molecule has 5 nitrogen and oxygen atoms in total. The van der Waals surface area contributed by atoms with Gasteiger partial charge in [0.05, 0.1) is 17.1 Å². The van der Waals surface area contributed by atoms with E-state index in [1.165, 1.54) is 37.9 Å². The minimum atomic E-state index is -0.410. The summed E-state index contributed by atoms with van der Waals surface area (Å²) in [6.45, 7) is 4.32. The number of aliphatic imine (C=N–C) groups is 1. The van der Waals surface area contributed by atoms with Gasteiger partial charge in [-0.1, -0.05) is 42.1 Å². The van der Waals surface area contributed by atoms with Gasteiger partial charge in [-0.25, -0.2) is 4.79 Å². The summed E-state index contributed by atoms with van der Waals surface area (Å²) in [5.74, 6) is 0.395. The second kappa shape index (κ2) is 8.20. The topological polar surface area (TPSA) is 61.6 Å². The van der Waals surface area contributed by atoms with Crippen molar-refractivity contribution >= 4 is 27.9 Å². The molecule has 1 fully saturated rings. The van der Waals surface area contributed by atoms with Crippen molar-refractivity contribution in [1.82, 2.24) is 9.88 Å². The van der Waals surface area contributed by atoms with Crippen LogP contribution >= 0.6 is 11.8 Å². The maximum atomic E-state index is 11.4. The van der Waals surface area contributed by atoms with E-state index < -0.39 is 5.76 Å². The number of benzene rings is 2. The number of aromatic amines is 1. The average molecular weight is 408 g/mol. The van der Waals surface area contributed by atoms with Crippen molar-refractivity contribution in [3.8, 4) is 0 Å². The SMILES string of the molecule is O=c1[nH]c2ccc(C3=NCC(CN4CCC(Cc5ccccc5)CC4)S3)cc2o1. The zero-order valence-electron chi connectivity index (χ0n) is 16.3. The van der Waals surface area contributed by atoms with Crippen LogP contribution in [0, 0.1) is 5.92 Å². The van der Waals surface area contributed by atoms with Gasteiger partial charge in [0.1, 0.15) is 0 Å². The smallest absolute Gasteiger partial charge is 0.408 e. The number of thioether (sulfide) groups is 1. The number of hydrogen-bond acceptors (Lipinski definition) is 5. The van der Waals surface area contributed by atoms with E-state index in [-0.39, 0.29) is 0 Å². The fourth-order valence-electron chi connectivity index (χ4n) is 4.36. The summed E-state index contributed by atoms with van der Waals surface area (Å²) in [5, 5.41) is 1.56. The van der Waals surface area contributed by atoms with E-state index >= 15 is 0 Å². The molecule has 0 radical (unpaired) electrons. The summed E-state index contributed by atoms with van der Waals surface area (Å²) in [6, 6.07) is 16.7. The second-order valence-corrected chi connectivity index (χ2v) is 9.33. The normalized spacial score (nSPS) is 21.0. The lowest BCUT2D eigenvalue weighted by Gasteiger charge is -2.33. The fraction of sp³-hybridized carbons (Fsp3) is 0.391. The first-order valence-corrected chi connectivity index (χ1v) is 11.2. The number of aromatic nitrogens is 1. The van der Waals surface area contributed by atoms with Crippen molar-refractivity contribution < 1.29 is 4.42 Å². The van der Waals surface area contributed by atoms with Crippen molar-refractivity contribution in [2.24, 2.45) is 10.9 Å². The Morgan fingerprint density at radius 1 is 1.14 bits per heavy atom. The third kappa shape index (κ3) is 4.33. The number of oxazole rings is 1. The molecule has 2 aliphatic rings. The summed E-state index contributed by atoms with van der Waals surface area (Å²) in [4.78, 5) is 21.4. The van der Waals surface area contributed by atoms with Crippen LogP contribution in [0.15, 0.2) is 62.7 Å². The Bertz CT molecular complexity index is 1060. The van der Waals surface area contributed by atoms with Gasteiger partial charge in [-0.05, 0) is 62.0 Å². The molecule has 1 atom stereocenters. The fourth-order valence-corrected chi connectivity index (χ4v) is 5.52. The molecule has 2 aromatic carbocycles. The molecule has 1 unspecified atom stereocenters. The highest BCUT2D eigenvalue weighted by Crippen LogP contribution is 2.29. The van der Waals surface area contributed by atoms with Crippen LogP contribution < -0.4 is 5.76 Å². The van der Waals surface area contributed by atoms with Crippen LogP contribution in [0.2, 0.25) is 0 Å². The van der Waals surface area contributed by atoms with Crippen LogP contribution in [0.4, 0.5) is 0 Å². The van der Waals surface area contributed by atoms with Crippen molar-refractivity contribution in [3.63, 3.8) is 0 Å². The Hall–Kier alpha value is -2.31. The largest absolute Gasteiger partial charge is 0.417 e. The predicted octanol–water partition coefficient (Wildman–Crippen LogP) is 3.94. The number of H-pyrrole nitrogens is 1. The summed E-state index contributed by atoms with van der Waals surface area (Å²) >= 11 is 1.85. The lowest BCUT2D eigenvalue weighted by molar-refractivity contribution is 0.185. The molecule has 1 saturated heterocycles. The zero-order valence-corrected chi connectivity index (χ0v) is 17.2. The lowest BCUT2D eigenvalue weighted by Crippen LogP contribution is -2.38. The maximum Gasteiger partial charge on any atom is 0.417 e. The molecule has 6 heteroatoms. The Morgan fingerprint density at radius 3 is 2.79 bits per heavy atom. The third-order valence-electron chi connectivity index (χ3n) is 5.92. The number of nitrogens with one attached hydrogen (secondary N) is 1. The molecule has 3 heterocycles. The predicted molar refractivity (Wildman–Crippen MR) is 119 cm³/mol. The monoisotopic (exact) mass is 407 g/mol. The molecular formula is C23H25N3O2S. The molecule has 0 amide bonds. The van der Waals surface area contributed by atoms with E-state index in [0.29, 0.717) is 10.8 Å². The van der Waals surface area contributed by atoms with E-state index in [4.69, 9.17) is 9.41 Å². The van der Waals surface area contributed by atoms with Crippen LogP contribution in [0.5, 0.6) is 0 Å². The summed E-state index contributed by atoms with van der Waals surface area (Å²) in [7, 11) is 0. The molecule has 0 spiro atoms. The van der Waals surface area contributed by atoms with Crippen LogP contribution in [0.1, 0.15) is 24.0 Å². The van der Waals surface area contributed by atoms with E-state index in [1.54, 1.807) is 0 Å². The van der Waals surface area contributed by atoms with Gasteiger partial charge in [0.25, 0.3) is 0 Å². The van der Waals surface area contributed by atoms with E-state index in [9.17, 15) is 4.79 Å². The summed E-state index contributed by atoms with van der Waals surface area (Å²) in [6.07, 6.45) is 3.77. The molecule has 29 heavy (non-hydrogen) atoms. The molecule has 1 N–H and O–H groups in total. The molecule has 0 bridgehead atoms. The first-order valence-electron chi connectivity index (χ1n) is 10.3. The molecule has 0 aliphatic carbocycles. The number of rotatable bonds is 5. The van der Waals surface area contributed by atoms with Crippen molar-refractivity contribution in [2.45, 2.75) is 24.5 Å². The Kier molecular flexibility index (Phi) is 5.29. The van der Waals surface area contributed by atoms with Gasteiger partial charge >= 0.3 is 5.76 Å². The standard InChI is InChI=1S/C23H25N3O2S/c27-23-25-20-7-6-18(13-21(20)28-23)22-24-14-19(29-22)15-26-10-8-17(9-11-26)12-16-4-2-1-3-5-16/h1-7,13,17,19H,8-12,14-15H2,(H,25,27). The van der Waals surface area contributed by atoms with Crippen LogP contribution in [0.3, 0.4) is 0 Å². The number of nitrogens with zero attached hydrogens (tertiary/aromatic N) is 2. The van der Waals surface area contributed by atoms with E-state index in [2.05, 4.69) is 40.2 Å². The quantitative estimate of drug-likeness (QED) is 0.696. The molecule has 1 aromatic heterocycles. The number of likely N-dealkylation sites (tertiary alicyclic amines) is 1. The maximum absolute atomic E-state index is 11.4. The number of hydrogen-bond donors (Lipinski definition) is 1. The van der Waals surface area contributed by atoms with E-state index in [0.717, 1.165) is 35.1 Å². The van der Waals surface area contributed by atoms with Crippen molar-refractivity contribution in [2.75, 3.05) is 26.2 Å². The van der Waals surface area contributed by atoms with Gasteiger partial charge in [0, 0.05) is 17.4 Å². The molecule has 2 aliphatic heterocycles. The molecule has 0 saturated carbocycles. The second-order valence-electron chi connectivity index (χ2n) is 8.04. The molecule has 150 valence electrons. The molecule has 5 rings (SSSR count). The van der Waals surface area contributed by atoms with Crippen molar-refractivity contribution in [3.05, 3.63) is 70.2 Å². The zero-order chi connectivity index (χ0) is 19.6. The highest BCUT2D eigenvalue weighted by molar-refractivity contribution is 8.15. The van der Waals surface area contributed by atoms with Gasteiger partial charge in [-0.2, -0.15) is 0 Å². The first-order chi connectivity index (χ1) is 14.2. The van der Waals surface area contributed by atoms with Gasteiger partial charge in [-0.15, -0.1) is 0 Å². The van der Waals surface area contributed by atoms with Gasteiger partial charge in [-0.3, -0.25) is 9.98 Å². The van der Waals surface area contributed by atoms with Crippen LogP contribution in [-0.4, -0.2) is 46.4 Å². The molecular weight excluding hydrogens is 382 g/mol. The van der Waals surface area contributed by atoms with Crippen molar-refractivity contribution in [1.29, 1.82) is 0 Å². The first kappa shape index (κ1) is 18.7. The highest BCUT2D eigenvalue weighted by atomic mass is 32.2.